The number of nitrogens with one attached hydrogen (secondary N) is 1. The van der Waals surface area contributed by atoms with Gasteiger partial charge in [-0.2, -0.15) is 0 Å². The van der Waals surface area contributed by atoms with Crippen LogP contribution in [-0.2, 0) is 0 Å². The molecule has 0 aromatic heterocycles. The molecule has 28 heavy (non-hydrogen) atoms. The molecular formula is C21H24ClN3O3. The van der Waals surface area contributed by atoms with Crippen LogP contribution < -0.4 is 10.2 Å². The zero-order chi connectivity index (χ0) is 20.3. The van der Waals surface area contributed by atoms with E-state index in [-0.39, 0.29) is 22.3 Å². The summed E-state index contributed by atoms with van der Waals surface area (Å²) in [5, 5.41) is 14.0. The molecule has 148 valence electrons. The van der Waals surface area contributed by atoms with Crippen molar-refractivity contribution in [3.05, 3.63) is 68.7 Å². The Morgan fingerprint density at radius 3 is 2.46 bits per heavy atom. The molecule has 7 heteroatoms. The fraction of sp³-hybridized carbons (Fsp3) is 0.381. The van der Waals surface area contributed by atoms with Crippen LogP contribution in [0.3, 0.4) is 0 Å². The van der Waals surface area contributed by atoms with Crippen LogP contribution in [0.15, 0.2) is 42.5 Å². The van der Waals surface area contributed by atoms with Gasteiger partial charge in [0.05, 0.1) is 21.6 Å². The number of hydrogen-bond donors (Lipinski definition) is 1. The highest BCUT2D eigenvalue weighted by molar-refractivity contribution is 6.33. The van der Waals surface area contributed by atoms with Gasteiger partial charge in [-0.25, -0.2) is 0 Å². The quantitative estimate of drug-likeness (QED) is 0.566. The number of piperidine rings is 1. The number of carbonyl (C=O) groups excluding carboxylic acids is 1. The molecule has 2 aromatic carbocycles. The number of non-ortho nitro benzene ring substituents is 1. The number of halogens is 1. The summed E-state index contributed by atoms with van der Waals surface area (Å²) in [6.45, 7) is 6.30. The lowest BCUT2D eigenvalue weighted by Crippen LogP contribution is -2.32. The van der Waals surface area contributed by atoms with E-state index >= 15 is 0 Å². The Morgan fingerprint density at radius 1 is 1.21 bits per heavy atom. The second-order valence-corrected chi connectivity index (χ2v) is 7.78. The second-order valence-electron chi connectivity index (χ2n) is 7.38. The third kappa shape index (κ3) is 4.62. The van der Waals surface area contributed by atoms with Crippen LogP contribution in [0, 0.1) is 16.0 Å². The first-order valence-corrected chi connectivity index (χ1v) is 9.82. The van der Waals surface area contributed by atoms with Gasteiger partial charge in [0.1, 0.15) is 0 Å². The van der Waals surface area contributed by atoms with E-state index in [9.17, 15) is 14.9 Å². The first-order chi connectivity index (χ1) is 13.3. The highest BCUT2D eigenvalue weighted by Crippen LogP contribution is 2.26. The summed E-state index contributed by atoms with van der Waals surface area (Å²) in [7, 11) is 0. The van der Waals surface area contributed by atoms with Crippen LogP contribution in [0.2, 0.25) is 5.02 Å². The molecule has 1 amide bonds. The summed E-state index contributed by atoms with van der Waals surface area (Å²) in [5.41, 5.74) is 2.09. The van der Waals surface area contributed by atoms with Gasteiger partial charge in [-0.15, -0.1) is 0 Å². The van der Waals surface area contributed by atoms with Gasteiger partial charge in [0.2, 0.25) is 0 Å². The van der Waals surface area contributed by atoms with Crippen LogP contribution in [-0.4, -0.2) is 23.9 Å². The predicted octanol–water partition coefficient (Wildman–Crippen LogP) is 4.98. The summed E-state index contributed by atoms with van der Waals surface area (Å²) in [4.78, 5) is 25.3. The maximum absolute atomic E-state index is 12.5. The van der Waals surface area contributed by atoms with Crippen molar-refractivity contribution in [1.29, 1.82) is 0 Å². The van der Waals surface area contributed by atoms with Crippen molar-refractivity contribution in [3.8, 4) is 0 Å². The number of anilines is 1. The molecule has 1 N–H and O–H groups in total. The topological polar surface area (TPSA) is 75.5 Å². The molecule has 3 rings (SSSR count). The van der Waals surface area contributed by atoms with Crippen molar-refractivity contribution in [3.63, 3.8) is 0 Å². The van der Waals surface area contributed by atoms with E-state index in [0.717, 1.165) is 24.6 Å². The highest BCUT2D eigenvalue weighted by Gasteiger charge is 2.19. The molecule has 1 aliphatic heterocycles. The first kappa shape index (κ1) is 20.1. The fourth-order valence-corrected chi connectivity index (χ4v) is 3.60. The van der Waals surface area contributed by atoms with Gasteiger partial charge in [0.15, 0.2) is 0 Å². The van der Waals surface area contributed by atoms with Crippen molar-refractivity contribution < 1.29 is 9.72 Å². The maximum Gasteiger partial charge on any atom is 0.270 e. The van der Waals surface area contributed by atoms with Gasteiger partial charge in [-0.05, 0) is 49.4 Å². The first-order valence-electron chi connectivity index (χ1n) is 9.45. The minimum atomic E-state index is -0.545. The molecule has 1 atom stereocenters. The number of carbonyl (C=O) groups is 1. The molecule has 2 aromatic rings. The molecule has 1 fully saturated rings. The lowest BCUT2D eigenvalue weighted by atomic mass is 9.98. The molecular weight excluding hydrogens is 378 g/mol. The van der Waals surface area contributed by atoms with Crippen molar-refractivity contribution >= 4 is 28.9 Å². The van der Waals surface area contributed by atoms with Crippen molar-refractivity contribution in [2.45, 2.75) is 32.7 Å². The molecule has 1 aliphatic rings. The molecule has 0 aliphatic carbocycles. The Balaban J connectivity index is 1.67. The van der Waals surface area contributed by atoms with E-state index < -0.39 is 10.8 Å². The Hall–Kier alpha value is -2.60. The van der Waals surface area contributed by atoms with Crippen LogP contribution >= 0.6 is 11.6 Å². The van der Waals surface area contributed by atoms with E-state index in [2.05, 4.69) is 29.3 Å². The van der Waals surface area contributed by atoms with Gasteiger partial charge < -0.3 is 10.2 Å². The Morgan fingerprint density at radius 2 is 1.86 bits per heavy atom. The monoisotopic (exact) mass is 401 g/mol. The van der Waals surface area contributed by atoms with Crippen molar-refractivity contribution in [1.82, 2.24) is 5.32 Å². The number of nitro groups is 1. The van der Waals surface area contributed by atoms with E-state index in [4.69, 9.17) is 11.6 Å². The van der Waals surface area contributed by atoms with Crippen LogP contribution in [0.25, 0.3) is 0 Å². The van der Waals surface area contributed by atoms with Gasteiger partial charge in [-0.3, -0.25) is 14.9 Å². The lowest BCUT2D eigenvalue weighted by molar-refractivity contribution is -0.384. The third-order valence-corrected chi connectivity index (χ3v) is 5.62. The van der Waals surface area contributed by atoms with Gasteiger partial charge in [0, 0.05) is 30.9 Å². The number of benzene rings is 2. The molecule has 1 unspecified atom stereocenters. The Labute approximate surface area is 169 Å². The lowest BCUT2D eigenvalue weighted by Gasteiger charge is -2.32. The summed E-state index contributed by atoms with van der Waals surface area (Å²) in [5.74, 6) is 0.349. The smallest absolute Gasteiger partial charge is 0.270 e. The second kappa shape index (κ2) is 8.61. The molecule has 0 saturated carbocycles. The predicted molar refractivity (Wildman–Crippen MR) is 111 cm³/mol. The number of nitrogens with zero attached hydrogens (tertiary/aromatic N) is 2. The SMILES string of the molecule is CC1CCN(c2ccc(C(C)NC(=O)c3cc([N+](=O)[O-])ccc3Cl)cc2)CC1. The zero-order valence-corrected chi connectivity index (χ0v) is 16.8. The number of hydrogen-bond acceptors (Lipinski definition) is 4. The van der Waals surface area contributed by atoms with Crippen LogP contribution in [0.4, 0.5) is 11.4 Å². The average Bonchev–Trinajstić information content (AvgIpc) is 2.68. The van der Waals surface area contributed by atoms with Gasteiger partial charge in [0.25, 0.3) is 11.6 Å². The van der Waals surface area contributed by atoms with Crippen LogP contribution in [0.5, 0.6) is 0 Å². The van der Waals surface area contributed by atoms with E-state index in [0.29, 0.717) is 0 Å². The summed E-state index contributed by atoms with van der Waals surface area (Å²) in [6, 6.07) is 11.8. The molecule has 0 radical (unpaired) electrons. The fourth-order valence-electron chi connectivity index (χ4n) is 3.40. The molecule has 0 spiro atoms. The van der Waals surface area contributed by atoms with E-state index in [1.54, 1.807) is 0 Å². The number of nitro benzene ring substituents is 1. The summed E-state index contributed by atoms with van der Waals surface area (Å²) < 4.78 is 0. The minimum Gasteiger partial charge on any atom is -0.372 e. The minimum absolute atomic E-state index is 0.0989. The Kier molecular flexibility index (Phi) is 6.19. The third-order valence-electron chi connectivity index (χ3n) is 5.29. The molecule has 6 nitrogen and oxygen atoms in total. The van der Waals surface area contributed by atoms with Gasteiger partial charge >= 0.3 is 0 Å². The average molecular weight is 402 g/mol. The normalized spacial score (nSPS) is 15.9. The highest BCUT2D eigenvalue weighted by atomic mass is 35.5. The Bertz CT molecular complexity index is 862. The zero-order valence-electron chi connectivity index (χ0n) is 16.0. The molecule has 1 heterocycles. The summed E-state index contributed by atoms with van der Waals surface area (Å²) in [6.07, 6.45) is 2.41. The van der Waals surface area contributed by atoms with Crippen molar-refractivity contribution in [2.24, 2.45) is 5.92 Å². The van der Waals surface area contributed by atoms with E-state index in [1.807, 2.05) is 19.1 Å². The largest absolute Gasteiger partial charge is 0.372 e. The maximum atomic E-state index is 12.5. The number of amides is 1. The van der Waals surface area contributed by atoms with Crippen LogP contribution in [0.1, 0.15) is 48.7 Å². The standard InChI is InChI=1S/C21H24ClN3O3/c1-14-9-11-24(12-10-14)17-5-3-16(4-6-17)15(2)23-21(26)19-13-18(25(27)28)7-8-20(19)22/h3-8,13-15H,9-12H2,1-2H3,(H,23,26). The summed E-state index contributed by atoms with van der Waals surface area (Å²) >= 11 is 6.05. The number of rotatable bonds is 5. The molecule has 0 bridgehead atoms. The van der Waals surface area contributed by atoms with Crippen molar-refractivity contribution in [2.75, 3.05) is 18.0 Å². The van der Waals surface area contributed by atoms with Gasteiger partial charge in [-0.1, -0.05) is 30.7 Å². The van der Waals surface area contributed by atoms with E-state index in [1.165, 1.54) is 36.7 Å². The molecule has 1 saturated heterocycles.